The zero-order chi connectivity index (χ0) is 14.8. The molecule has 1 unspecified atom stereocenters. The Hall–Kier alpha value is -0.610. The highest BCUT2D eigenvalue weighted by molar-refractivity contribution is 6.30. The van der Waals surface area contributed by atoms with Gasteiger partial charge in [-0.05, 0) is 43.6 Å². The van der Waals surface area contributed by atoms with Crippen molar-refractivity contribution < 1.29 is 5.11 Å². The average Bonchev–Trinajstić information content (AvgIpc) is 2.47. The van der Waals surface area contributed by atoms with Crippen LogP contribution in [0.25, 0.3) is 0 Å². The fraction of sp³-hybridized carbons (Fsp3) is 0.625. The van der Waals surface area contributed by atoms with Crippen molar-refractivity contribution in [2.75, 3.05) is 32.8 Å². The van der Waals surface area contributed by atoms with E-state index in [1.54, 1.807) is 0 Å². The first-order chi connectivity index (χ1) is 9.71. The van der Waals surface area contributed by atoms with Crippen LogP contribution in [-0.4, -0.2) is 42.8 Å². The molecule has 0 spiro atoms. The summed E-state index contributed by atoms with van der Waals surface area (Å²) in [6.07, 6.45) is 2.16. The molecule has 0 saturated heterocycles. The van der Waals surface area contributed by atoms with Crippen molar-refractivity contribution >= 4 is 11.6 Å². The summed E-state index contributed by atoms with van der Waals surface area (Å²) >= 11 is 5.96. The Morgan fingerprint density at radius 1 is 1.20 bits per heavy atom. The molecule has 114 valence electrons. The van der Waals surface area contributed by atoms with Crippen LogP contribution in [0, 0.1) is 0 Å². The molecule has 0 amide bonds. The van der Waals surface area contributed by atoms with Crippen LogP contribution in [0.1, 0.15) is 38.3 Å². The van der Waals surface area contributed by atoms with E-state index < -0.39 is 0 Å². The maximum Gasteiger partial charge on any atom is 0.0558 e. The van der Waals surface area contributed by atoms with E-state index in [1.165, 1.54) is 5.56 Å². The number of halogens is 1. The summed E-state index contributed by atoms with van der Waals surface area (Å²) in [6.45, 7) is 8.25. The van der Waals surface area contributed by atoms with Gasteiger partial charge in [0.15, 0.2) is 0 Å². The first kappa shape index (κ1) is 17.4. The van der Waals surface area contributed by atoms with Crippen molar-refractivity contribution in [1.29, 1.82) is 0 Å². The summed E-state index contributed by atoms with van der Waals surface area (Å²) in [7, 11) is 0. The van der Waals surface area contributed by atoms with Gasteiger partial charge in [-0.25, -0.2) is 0 Å². The van der Waals surface area contributed by atoms with E-state index >= 15 is 0 Å². The molecule has 4 heteroatoms. The van der Waals surface area contributed by atoms with Crippen molar-refractivity contribution in [3.05, 3.63) is 34.9 Å². The predicted molar refractivity (Wildman–Crippen MR) is 86.3 cm³/mol. The van der Waals surface area contributed by atoms with Gasteiger partial charge in [-0.15, -0.1) is 0 Å². The first-order valence-corrected chi connectivity index (χ1v) is 7.91. The summed E-state index contributed by atoms with van der Waals surface area (Å²) in [5.74, 6) is 0. The molecule has 1 aromatic carbocycles. The molecular formula is C16H27ClN2O. The Morgan fingerprint density at radius 3 is 2.45 bits per heavy atom. The molecule has 0 aliphatic heterocycles. The lowest BCUT2D eigenvalue weighted by Gasteiger charge is -2.24. The quantitative estimate of drug-likeness (QED) is 0.697. The lowest BCUT2D eigenvalue weighted by Crippen LogP contribution is -2.31. The van der Waals surface area contributed by atoms with Crippen LogP contribution in [0.4, 0.5) is 0 Å². The summed E-state index contributed by atoms with van der Waals surface area (Å²) < 4.78 is 0. The average molecular weight is 299 g/mol. The van der Waals surface area contributed by atoms with Gasteiger partial charge in [0.1, 0.15) is 0 Å². The zero-order valence-corrected chi connectivity index (χ0v) is 13.4. The van der Waals surface area contributed by atoms with Crippen LogP contribution >= 0.6 is 11.6 Å². The number of aliphatic hydroxyl groups is 1. The Morgan fingerprint density at radius 2 is 1.90 bits per heavy atom. The topological polar surface area (TPSA) is 35.5 Å². The van der Waals surface area contributed by atoms with Crippen LogP contribution in [0.15, 0.2) is 24.3 Å². The molecule has 3 nitrogen and oxygen atoms in total. The summed E-state index contributed by atoms with van der Waals surface area (Å²) in [5.41, 5.74) is 1.28. The zero-order valence-electron chi connectivity index (χ0n) is 12.6. The Labute approximate surface area is 127 Å². The number of nitrogens with one attached hydrogen (secondary N) is 1. The van der Waals surface area contributed by atoms with E-state index in [0.717, 1.165) is 44.0 Å². The largest absolute Gasteiger partial charge is 0.395 e. The van der Waals surface area contributed by atoms with Gasteiger partial charge in [-0.1, -0.05) is 37.6 Å². The van der Waals surface area contributed by atoms with Gasteiger partial charge in [0.2, 0.25) is 0 Å². The van der Waals surface area contributed by atoms with Crippen molar-refractivity contribution in [3.63, 3.8) is 0 Å². The van der Waals surface area contributed by atoms with Crippen LogP contribution in [0.5, 0.6) is 0 Å². The number of aliphatic hydroxyl groups excluding tert-OH is 1. The van der Waals surface area contributed by atoms with Crippen LogP contribution in [0.3, 0.4) is 0 Å². The minimum Gasteiger partial charge on any atom is -0.395 e. The lowest BCUT2D eigenvalue weighted by atomic mass is 10.0. The standard InChI is InChI=1S/C16H27ClN2O/c1-3-10-18-16(9-11-19(4-2)12-13-20)14-5-7-15(17)8-6-14/h5-8,16,18,20H,3-4,9-13H2,1-2H3. The lowest BCUT2D eigenvalue weighted by molar-refractivity contribution is 0.195. The van der Waals surface area contributed by atoms with E-state index in [2.05, 4.69) is 36.2 Å². The second kappa shape index (κ2) is 10.2. The molecule has 0 radical (unpaired) electrons. The van der Waals surface area contributed by atoms with Gasteiger partial charge in [-0.2, -0.15) is 0 Å². The molecular weight excluding hydrogens is 272 g/mol. The van der Waals surface area contributed by atoms with Crippen LogP contribution < -0.4 is 5.32 Å². The highest BCUT2D eigenvalue weighted by Crippen LogP contribution is 2.20. The Balaban J connectivity index is 2.61. The maximum absolute atomic E-state index is 9.05. The Kier molecular flexibility index (Phi) is 8.86. The highest BCUT2D eigenvalue weighted by atomic mass is 35.5. The first-order valence-electron chi connectivity index (χ1n) is 7.53. The number of hydrogen-bond acceptors (Lipinski definition) is 3. The van der Waals surface area contributed by atoms with Gasteiger partial charge < -0.3 is 15.3 Å². The molecule has 2 N–H and O–H groups in total. The third kappa shape index (κ3) is 6.23. The number of nitrogens with zero attached hydrogens (tertiary/aromatic N) is 1. The number of benzene rings is 1. The third-order valence-electron chi connectivity index (χ3n) is 3.51. The van der Waals surface area contributed by atoms with E-state index in [1.807, 2.05) is 12.1 Å². The van der Waals surface area contributed by atoms with Crippen molar-refractivity contribution in [1.82, 2.24) is 10.2 Å². The molecule has 1 atom stereocenters. The minimum absolute atomic E-state index is 0.224. The highest BCUT2D eigenvalue weighted by Gasteiger charge is 2.12. The molecule has 20 heavy (non-hydrogen) atoms. The molecule has 1 aromatic rings. The normalized spacial score (nSPS) is 12.8. The van der Waals surface area contributed by atoms with Gasteiger partial charge in [0.05, 0.1) is 6.61 Å². The second-order valence-corrected chi connectivity index (χ2v) is 5.44. The third-order valence-corrected chi connectivity index (χ3v) is 3.76. The van der Waals surface area contributed by atoms with Crippen molar-refractivity contribution in [2.45, 2.75) is 32.7 Å². The SMILES string of the molecule is CCCNC(CCN(CC)CCO)c1ccc(Cl)cc1. The van der Waals surface area contributed by atoms with E-state index in [0.29, 0.717) is 6.04 Å². The molecule has 0 saturated carbocycles. The summed E-state index contributed by atoms with van der Waals surface area (Å²) in [6, 6.07) is 8.43. The van der Waals surface area contributed by atoms with E-state index in [9.17, 15) is 0 Å². The summed E-state index contributed by atoms with van der Waals surface area (Å²) in [5, 5.41) is 13.4. The van der Waals surface area contributed by atoms with Gasteiger partial charge in [0.25, 0.3) is 0 Å². The molecule has 0 bridgehead atoms. The Bertz CT molecular complexity index is 356. The second-order valence-electron chi connectivity index (χ2n) is 5.00. The fourth-order valence-electron chi connectivity index (χ4n) is 2.28. The monoisotopic (exact) mass is 298 g/mol. The number of hydrogen-bond donors (Lipinski definition) is 2. The fourth-order valence-corrected chi connectivity index (χ4v) is 2.41. The van der Waals surface area contributed by atoms with Gasteiger partial charge in [-0.3, -0.25) is 0 Å². The molecule has 0 aliphatic rings. The predicted octanol–water partition coefficient (Wildman–Crippen LogP) is 3.09. The number of rotatable bonds is 10. The maximum atomic E-state index is 9.05. The van der Waals surface area contributed by atoms with E-state index in [4.69, 9.17) is 16.7 Å². The van der Waals surface area contributed by atoms with Gasteiger partial charge in [0, 0.05) is 24.2 Å². The van der Waals surface area contributed by atoms with E-state index in [-0.39, 0.29) is 6.61 Å². The van der Waals surface area contributed by atoms with Crippen LogP contribution in [0.2, 0.25) is 5.02 Å². The smallest absolute Gasteiger partial charge is 0.0558 e. The summed E-state index contributed by atoms with van der Waals surface area (Å²) in [4.78, 5) is 2.27. The van der Waals surface area contributed by atoms with Gasteiger partial charge >= 0.3 is 0 Å². The molecule has 0 aliphatic carbocycles. The van der Waals surface area contributed by atoms with Crippen molar-refractivity contribution in [2.24, 2.45) is 0 Å². The molecule has 0 fully saturated rings. The van der Waals surface area contributed by atoms with Crippen molar-refractivity contribution in [3.8, 4) is 0 Å². The minimum atomic E-state index is 0.224. The molecule has 0 aromatic heterocycles. The molecule has 1 rings (SSSR count). The molecule has 0 heterocycles. The van der Waals surface area contributed by atoms with Crippen LogP contribution in [-0.2, 0) is 0 Å². The number of likely N-dealkylation sites (N-methyl/N-ethyl adjacent to an activating group) is 1.